The second-order valence-corrected chi connectivity index (χ2v) is 5.72. The Morgan fingerprint density at radius 3 is 0.968 bits per heavy atom. The second kappa shape index (κ2) is 11.7. The summed E-state index contributed by atoms with van der Waals surface area (Å²) < 4.78 is 0. The van der Waals surface area contributed by atoms with Gasteiger partial charge in [0.2, 0.25) is 0 Å². The quantitative estimate of drug-likeness (QED) is 0.235. The smallest absolute Gasteiger partial charge is 0.160 e. The van der Waals surface area contributed by atoms with Crippen LogP contribution in [0.1, 0.15) is 76.0 Å². The van der Waals surface area contributed by atoms with Gasteiger partial charge in [0.25, 0.3) is 0 Å². The Kier molecular flexibility index (Phi) is 10.4. The summed E-state index contributed by atoms with van der Waals surface area (Å²) in [6.07, 6.45) is 0. The van der Waals surface area contributed by atoms with E-state index in [9.17, 15) is 49.2 Å². The van der Waals surface area contributed by atoms with Crippen LogP contribution >= 0.6 is 0 Å². The number of carbonyl (C=O) groups is 6. The number of aromatic carboxylic acids is 4. The normalized spacial score (nSPS) is 9.35. The van der Waals surface area contributed by atoms with Gasteiger partial charge < -0.3 is 39.6 Å². The molecule has 31 heavy (non-hydrogen) atoms. The number of carboxylic acids is 4. The van der Waals surface area contributed by atoms with Gasteiger partial charge in [-0.3, -0.25) is 9.59 Å². The van der Waals surface area contributed by atoms with E-state index in [0.717, 1.165) is 26.0 Å². The molecule has 0 saturated heterocycles. The van der Waals surface area contributed by atoms with Crippen LogP contribution in [-0.4, -0.2) is 62.7 Å². The predicted octanol–water partition coefficient (Wildman–Crippen LogP) is -3.15. The molecule has 0 aliphatic heterocycles. The van der Waals surface area contributed by atoms with Crippen molar-refractivity contribution in [2.75, 3.05) is 0 Å². The molecule has 0 fully saturated rings. The van der Waals surface area contributed by atoms with Gasteiger partial charge >= 0.3 is 0 Å². The molecule has 0 N–H and O–H groups in total. The van der Waals surface area contributed by atoms with E-state index in [-0.39, 0.29) is 38.4 Å². The summed E-state index contributed by atoms with van der Waals surface area (Å²) in [5.41, 5.74) is -2.77. The minimum Gasteiger partial charge on any atom is -0.545 e. The van der Waals surface area contributed by atoms with Gasteiger partial charge in [-0.25, -0.2) is 0 Å². The van der Waals surface area contributed by atoms with Crippen molar-refractivity contribution in [1.29, 1.82) is 0 Å². The maximum Gasteiger partial charge on any atom is 0.160 e. The van der Waals surface area contributed by atoms with Crippen molar-refractivity contribution in [2.24, 2.45) is 0 Å². The zero-order valence-electron chi connectivity index (χ0n) is 16.0. The van der Waals surface area contributed by atoms with E-state index in [0.29, 0.717) is 0 Å². The summed E-state index contributed by atoms with van der Waals surface area (Å²) in [4.78, 5) is 64.7. The van der Waals surface area contributed by atoms with Gasteiger partial charge in [-0.2, -0.15) is 0 Å². The first-order valence-electron chi connectivity index (χ1n) is 8.03. The van der Waals surface area contributed by atoms with Crippen LogP contribution in [-0.2, 0) is 0 Å². The third-order valence-corrected chi connectivity index (χ3v) is 3.74. The SMILES string of the molecule is CC(=O)c1cccc(C(=O)[O-])c1C(=O)[O-].CC(=O)c1cccc(C(=O)[O-])c1C(=O)[O-].[Pb]. The van der Waals surface area contributed by atoms with E-state index in [1.165, 1.54) is 24.3 Å². The number of ketones is 2. The summed E-state index contributed by atoms with van der Waals surface area (Å²) >= 11 is 0. The molecule has 2 aromatic carbocycles. The molecule has 10 nitrogen and oxygen atoms in total. The van der Waals surface area contributed by atoms with Crippen molar-refractivity contribution in [3.05, 3.63) is 69.8 Å². The molecule has 4 radical (unpaired) electrons. The van der Waals surface area contributed by atoms with Crippen LogP contribution < -0.4 is 20.4 Å². The molecule has 0 heterocycles. The van der Waals surface area contributed by atoms with Gasteiger partial charge in [0.15, 0.2) is 11.6 Å². The van der Waals surface area contributed by atoms with Gasteiger partial charge in [-0.15, -0.1) is 0 Å². The first-order chi connectivity index (χ1) is 13.9. The molecule has 0 aliphatic rings. The Morgan fingerprint density at radius 1 is 0.516 bits per heavy atom. The van der Waals surface area contributed by atoms with E-state index < -0.39 is 57.7 Å². The molecular weight excluding hydrogens is 607 g/mol. The summed E-state index contributed by atoms with van der Waals surface area (Å²) in [6, 6.07) is 7.09. The Labute approximate surface area is 195 Å². The van der Waals surface area contributed by atoms with Crippen molar-refractivity contribution < 1.29 is 49.2 Å². The Morgan fingerprint density at radius 2 is 0.774 bits per heavy atom. The molecule has 0 aromatic heterocycles. The predicted molar refractivity (Wildman–Crippen MR) is 96.0 cm³/mol. The fraction of sp³-hybridized carbons (Fsp3) is 0.100. The van der Waals surface area contributed by atoms with E-state index >= 15 is 0 Å². The van der Waals surface area contributed by atoms with Crippen LogP contribution in [0.2, 0.25) is 0 Å². The average molecular weight is 620 g/mol. The second-order valence-electron chi connectivity index (χ2n) is 5.72. The molecule has 0 bridgehead atoms. The van der Waals surface area contributed by atoms with Crippen molar-refractivity contribution in [1.82, 2.24) is 0 Å². The summed E-state index contributed by atoms with van der Waals surface area (Å²) in [5, 5.41) is 42.6. The molecule has 2 rings (SSSR count). The third-order valence-electron chi connectivity index (χ3n) is 3.74. The van der Waals surface area contributed by atoms with E-state index in [1.54, 1.807) is 0 Å². The minimum atomic E-state index is -1.71. The van der Waals surface area contributed by atoms with Gasteiger partial charge in [0.05, 0.1) is 23.9 Å². The van der Waals surface area contributed by atoms with Gasteiger partial charge in [-0.05, 0) is 13.8 Å². The number of Topliss-reactive ketones (excluding diaryl/α,β-unsaturated/α-hetero) is 2. The van der Waals surface area contributed by atoms with E-state index in [2.05, 4.69) is 0 Å². The monoisotopic (exact) mass is 620 g/mol. The zero-order valence-corrected chi connectivity index (χ0v) is 19.9. The van der Waals surface area contributed by atoms with Crippen molar-refractivity contribution in [3.63, 3.8) is 0 Å². The van der Waals surface area contributed by atoms with Gasteiger partial charge in [0, 0.05) is 60.7 Å². The molecule has 0 saturated carbocycles. The Balaban J connectivity index is 0.000000562. The van der Waals surface area contributed by atoms with Crippen LogP contribution in [0.15, 0.2) is 36.4 Å². The molecule has 0 atom stereocenters. The van der Waals surface area contributed by atoms with E-state index in [4.69, 9.17) is 0 Å². The zero-order chi connectivity index (χ0) is 23.2. The molecule has 0 amide bonds. The summed E-state index contributed by atoms with van der Waals surface area (Å²) in [5.74, 6) is -7.82. The van der Waals surface area contributed by atoms with Gasteiger partial charge in [-0.1, -0.05) is 36.4 Å². The summed E-state index contributed by atoms with van der Waals surface area (Å²) in [6.45, 7) is 2.28. The molecule has 11 heteroatoms. The number of carbonyl (C=O) groups excluding carboxylic acids is 6. The summed E-state index contributed by atoms with van der Waals surface area (Å²) in [7, 11) is 0. The molecule has 160 valence electrons. The Bertz CT molecular complexity index is 922. The topological polar surface area (TPSA) is 195 Å². The van der Waals surface area contributed by atoms with Crippen LogP contribution in [0.3, 0.4) is 0 Å². The van der Waals surface area contributed by atoms with Crippen molar-refractivity contribution in [3.8, 4) is 0 Å². The standard InChI is InChI=1S/2C10H8O5.Pb/c2*1-5(11)6-3-2-4-7(9(12)13)8(6)10(14)15;/h2*2-4H,1H3,(H,12,13)(H,14,15);/p-4. The van der Waals surface area contributed by atoms with Crippen LogP contribution in [0.5, 0.6) is 0 Å². The number of carboxylic acid groups (broad SMARTS) is 4. The Hall–Kier alpha value is -3.42. The van der Waals surface area contributed by atoms with Crippen LogP contribution in [0.25, 0.3) is 0 Å². The van der Waals surface area contributed by atoms with Gasteiger partial charge in [0.1, 0.15) is 0 Å². The molecule has 0 unspecified atom stereocenters. The largest absolute Gasteiger partial charge is 0.545 e. The fourth-order valence-corrected chi connectivity index (χ4v) is 2.47. The number of benzene rings is 2. The molecule has 0 aliphatic carbocycles. The first kappa shape index (κ1) is 27.6. The van der Waals surface area contributed by atoms with Crippen LogP contribution in [0.4, 0.5) is 0 Å². The van der Waals surface area contributed by atoms with E-state index in [1.807, 2.05) is 0 Å². The number of hydrogen-bond donors (Lipinski definition) is 0. The van der Waals surface area contributed by atoms with Crippen molar-refractivity contribution >= 4 is 62.7 Å². The fourth-order valence-electron chi connectivity index (χ4n) is 2.47. The number of hydrogen-bond acceptors (Lipinski definition) is 10. The third kappa shape index (κ3) is 6.81. The average Bonchev–Trinajstić information content (AvgIpc) is 2.66. The molecule has 2 aromatic rings. The first-order valence-corrected chi connectivity index (χ1v) is 8.03. The maximum absolute atomic E-state index is 11.0. The molecule has 0 spiro atoms. The number of rotatable bonds is 6. The minimum absolute atomic E-state index is 0. The molecular formula is C20H12O10Pb-4. The maximum atomic E-state index is 11.0. The van der Waals surface area contributed by atoms with Crippen molar-refractivity contribution in [2.45, 2.75) is 13.8 Å². The van der Waals surface area contributed by atoms with Crippen LogP contribution in [0, 0.1) is 0 Å².